The van der Waals surface area contributed by atoms with Crippen LogP contribution in [0.4, 0.5) is 0 Å². The lowest BCUT2D eigenvalue weighted by Gasteiger charge is -2.15. The third-order valence-electron chi connectivity index (χ3n) is 7.69. The van der Waals surface area contributed by atoms with Gasteiger partial charge in [-0.2, -0.15) is 0 Å². The summed E-state index contributed by atoms with van der Waals surface area (Å²) in [6.07, 6.45) is 18.4. The van der Waals surface area contributed by atoms with Crippen LogP contribution in [0.1, 0.15) is 125 Å². The van der Waals surface area contributed by atoms with Crippen LogP contribution < -0.4 is 4.74 Å². The molecule has 0 amide bonds. The molecule has 212 valence electrons. The van der Waals surface area contributed by atoms with Crippen LogP contribution in [0.3, 0.4) is 0 Å². The van der Waals surface area contributed by atoms with Crippen molar-refractivity contribution in [1.82, 2.24) is 0 Å². The average molecular weight is 533 g/mol. The van der Waals surface area contributed by atoms with Gasteiger partial charge in [0, 0.05) is 0 Å². The average Bonchev–Trinajstić information content (AvgIpc) is 2.94. The Kier molecular flexibility index (Phi) is 13.2. The predicted octanol–water partition coefficient (Wildman–Crippen LogP) is 10.1. The molecule has 4 heteroatoms. The standard InChI is InChI=1S/C35H48O4/c1-3-5-7-9-10-11-12-13-14-16-20-27-23-19-25-31(33(27)36)39-35(38)32-30-24-18-17-21-28(30)26-29(34(32)37)22-15-8-6-4-2/h17-19,21,23-26,36-37H,3-16,20,22H2,1-2H3. The van der Waals surface area contributed by atoms with Crippen molar-refractivity contribution in [3.63, 3.8) is 0 Å². The van der Waals surface area contributed by atoms with Crippen molar-refractivity contribution in [2.45, 2.75) is 117 Å². The molecule has 39 heavy (non-hydrogen) atoms. The maximum atomic E-state index is 13.4. The van der Waals surface area contributed by atoms with E-state index in [0.717, 1.165) is 61.5 Å². The minimum atomic E-state index is -0.648. The van der Waals surface area contributed by atoms with Gasteiger partial charge in [0.05, 0.1) is 0 Å². The molecule has 0 aromatic heterocycles. The molecule has 3 aromatic rings. The number of para-hydroxylation sites is 1. The molecule has 0 aliphatic rings. The van der Waals surface area contributed by atoms with Crippen LogP contribution in [0.25, 0.3) is 10.8 Å². The molecule has 4 nitrogen and oxygen atoms in total. The lowest BCUT2D eigenvalue weighted by Crippen LogP contribution is -2.11. The first kappa shape index (κ1) is 30.5. The van der Waals surface area contributed by atoms with Gasteiger partial charge in [0.1, 0.15) is 11.3 Å². The number of phenols is 2. The molecule has 0 bridgehead atoms. The van der Waals surface area contributed by atoms with Gasteiger partial charge in [0.15, 0.2) is 11.5 Å². The Hall–Kier alpha value is -3.01. The predicted molar refractivity (Wildman–Crippen MR) is 162 cm³/mol. The van der Waals surface area contributed by atoms with Crippen molar-refractivity contribution >= 4 is 16.7 Å². The van der Waals surface area contributed by atoms with Crippen molar-refractivity contribution in [2.75, 3.05) is 0 Å². The Labute approximate surface area is 235 Å². The van der Waals surface area contributed by atoms with Crippen LogP contribution in [0.5, 0.6) is 17.2 Å². The van der Waals surface area contributed by atoms with E-state index in [1.54, 1.807) is 6.07 Å². The van der Waals surface area contributed by atoms with E-state index in [4.69, 9.17) is 4.74 Å². The van der Waals surface area contributed by atoms with Crippen LogP contribution in [-0.2, 0) is 12.8 Å². The minimum absolute atomic E-state index is 0.0151. The van der Waals surface area contributed by atoms with E-state index < -0.39 is 5.97 Å². The number of aromatic hydroxyl groups is 2. The van der Waals surface area contributed by atoms with Gasteiger partial charge in [0.2, 0.25) is 0 Å². The molecule has 0 spiro atoms. The second-order valence-electron chi connectivity index (χ2n) is 10.9. The number of benzene rings is 3. The summed E-state index contributed by atoms with van der Waals surface area (Å²) < 4.78 is 5.71. The number of carbonyl (C=O) groups excluding carboxylic acids is 1. The zero-order valence-electron chi connectivity index (χ0n) is 24.1. The zero-order valence-corrected chi connectivity index (χ0v) is 24.1. The lowest BCUT2D eigenvalue weighted by molar-refractivity contribution is 0.0728. The Morgan fingerprint density at radius 1 is 0.641 bits per heavy atom. The number of fused-ring (bicyclic) bond motifs is 1. The summed E-state index contributed by atoms with van der Waals surface area (Å²) in [6.45, 7) is 4.42. The van der Waals surface area contributed by atoms with E-state index >= 15 is 0 Å². The van der Waals surface area contributed by atoms with Crippen LogP contribution in [0.15, 0.2) is 48.5 Å². The fourth-order valence-corrected chi connectivity index (χ4v) is 5.34. The normalized spacial score (nSPS) is 11.2. The van der Waals surface area contributed by atoms with Gasteiger partial charge >= 0.3 is 5.97 Å². The number of phenolic OH excluding ortho intramolecular Hbond substituents is 2. The molecule has 0 aliphatic carbocycles. The third kappa shape index (κ3) is 9.30. The Morgan fingerprint density at radius 3 is 1.87 bits per heavy atom. The van der Waals surface area contributed by atoms with Crippen LogP contribution >= 0.6 is 0 Å². The number of esters is 1. The fourth-order valence-electron chi connectivity index (χ4n) is 5.34. The third-order valence-corrected chi connectivity index (χ3v) is 7.69. The second kappa shape index (κ2) is 16.8. The van der Waals surface area contributed by atoms with Gasteiger partial charge < -0.3 is 14.9 Å². The van der Waals surface area contributed by atoms with Gasteiger partial charge in [-0.3, -0.25) is 0 Å². The molecule has 0 radical (unpaired) electrons. The SMILES string of the molecule is CCCCCCCCCCCCc1cccc(OC(=O)c2c(O)c(CCCCCC)cc3ccccc23)c1O. The molecular formula is C35H48O4. The highest BCUT2D eigenvalue weighted by molar-refractivity contribution is 6.08. The van der Waals surface area contributed by atoms with E-state index in [2.05, 4.69) is 13.8 Å². The lowest BCUT2D eigenvalue weighted by atomic mass is 9.96. The summed E-state index contributed by atoms with van der Waals surface area (Å²) >= 11 is 0. The fraction of sp³-hybridized carbons (Fsp3) is 0.514. The van der Waals surface area contributed by atoms with Crippen LogP contribution in [0.2, 0.25) is 0 Å². The topological polar surface area (TPSA) is 66.8 Å². The first-order chi connectivity index (χ1) is 19.1. The van der Waals surface area contributed by atoms with Gasteiger partial charge in [-0.05, 0) is 59.7 Å². The maximum absolute atomic E-state index is 13.4. The van der Waals surface area contributed by atoms with Crippen molar-refractivity contribution in [2.24, 2.45) is 0 Å². The summed E-state index contributed by atoms with van der Waals surface area (Å²) in [5.74, 6) is -0.510. The van der Waals surface area contributed by atoms with Gasteiger partial charge in [-0.25, -0.2) is 4.79 Å². The number of ether oxygens (including phenoxy) is 1. The summed E-state index contributed by atoms with van der Waals surface area (Å²) in [4.78, 5) is 13.4. The highest BCUT2D eigenvalue weighted by Crippen LogP contribution is 2.36. The first-order valence-electron chi connectivity index (χ1n) is 15.3. The molecule has 2 N–H and O–H groups in total. The first-order valence-corrected chi connectivity index (χ1v) is 15.3. The number of carbonyl (C=O) groups is 1. The van der Waals surface area contributed by atoms with E-state index in [-0.39, 0.29) is 22.8 Å². The molecule has 3 aromatic carbocycles. The van der Waals surface area contributed by atoms with E-state index in [1.807, 2.05) is 42.5 Å². The van der Waals surface area contributed by atoms with Crippen molar-refractivity contribution in [1.29, 1.82) is 0 Å². The Bertz CT molecular complexity index is 1170. The van der Waals surface area contributed by atoms with E-state index in [9.17, 15) is 15.0 Å². The smallest absolute Gasteiger partial charge is 0.348 e. The van der Waals surface area contributed by atoms with Gasteiger partial charge in [0.25, 0.3) is 0 Å². The Morgan fingerprint density at radius 2 is 1.21 bits per heavy atom. The molecule has 0 heterocycles. The Balaban J connectivity index is 1.62. The summed E-state index contributed by atoms with van der Waals surface area (Å²) in [5.41, 5.74) is 1.72. The number of hydrogen-bond donors (Lipinski definition) is 2. The molecule has 0 atom stereocenters. The minimum Gasteiger partial charge on any atom is -0.507 e. The highest BCUT2D eigenvalue weighted by Gasteiger charge is 2.22. The van der Waals surface area contributed by atoms with Crippen LogP contribution in [0, 0.1) is 0 Å². The zero-order chi connectivity index (χ0) is 27.9. The number of hydrogen-bond acceptors (Lipinski definition) is 4. The van der Waals surface area contributed by atoms with Gasteiger partial charge in [-0.15, -0.1) is 0 Å². The molecule has 0 fully saturated rings. The van der Waals surface area contributed by atoms with Crippen molar-refractivity contribution < 1.29 is 19.7 Å². The maximum Gasteiger partial charge on any atom is 0.348 e. The van der Waals surface area contributed by atoms with Crippen molar-refractivity contribution in [3.05, 3.63) is 65.2 Å². The highest BCUT2D eigenvalue weighted by atomic mass is 16.5. The van der Waals surface area contributed by atoms with Gasteiger partial charge in [-0.1, -0.05) is 127 Å². The van der Waals surface area contributed by atoms with Crippen molar-refractivity contribution in [3.8, 4) is 17.2 Å². The number of aryl methyl sites for hydroxylation is 2. The largest absolute Gasteiger partial charge is 0.507 e. The molecule has 0 saturated carbocycles. The number of unbranched alkanes of at least 4 members (excludes halogenated alkanes) is 12. The summed E-state index contributed by atoms with van der Waals surface area (Å²) in [6, 6.07) is 14.9. The summed E-state index contributed by atoms with van der Waals surface area (Å²) in [5, 5.41) is 23.5. The van der Waals surface area contributed by atoms with E-state index in [1.165, 1.54) is 51.4 Å². The van der Waals surface area contributed by atoms with E-state index in [0.29, 0.717) is 11.8 Å². The monoisotopic (exact) mass is 532 g/mol. The molecule has 0 unspecified atom stereocenters. The quantitative estimate of drug-likeness (QED) is 0.0971. The summed E-state index contributed by atoms with van der Waals surface area (Å²) in [7, 11) is 0. The second-order valence-corrected chi connectivity index (χ2v) is 10.9. The molecule has 0 aliphatic heterocycles. The molecule has 3 rings (SSSR count). The molecule has 0 saturated heterocycles. The van der Waals surface area contributed by atoms with Crippen LogP contribution in [-0.4, -0.2) is 16.2 Å². The molecular weight excluding hydrogens is 484 g/mol. The number of rotatable bonds is 18.